The van der Waals surface area contributed by atoms with Crippen LogP contribution in [-0.2, 0) is 0 Å². The van der Waals surface area contributed by atoms with Crippen LogP contribution in [-0.4, -0.2) is 12.4 Å². The molecule has 1 aromatic carbocycles. The summed E-state index contributed by atoms with van der Waals surface area (Å²) in [6, 6.07) is 2.66. The summed E-state index contributed by atoms with van der Waals surface area (Å²) in [6.45, 7) is 3.54. The van der Waals surface area contributed by atoms with Crippen molar-refractivity contribution in [2.24, 2.45) is 0 Å². The highest BCUT2D eigenvalue weighted by molar-refractivity contribution is 9.10. The van der Waals surface area contributed by atoms with Crippen LogP contribution in [0.2, 0.25) is 0 Å². The summed E-state index contributed by atoms with van der Waals surface area (Å²) in [4.78, 5) is 11.1. The number of carbonyl (C=O) groups excluding carboxylic acids is 1. The number of ketones is 1. The summed E-state index contributed by atoms with van der Waals surface area (Å²) in [6.07, 6.45) is 0. The molecule has 0 saturated heterocycles. The molecule has 2 nitrogen and oxygen atoms in total. The number of halogens is 2. The number of hydrogen-bond donors (Lipinski definition) is 0. The first-order valence-electron chi connectivity index (χ1n) is 4.19. The highest BCUT2D eigenvalue weighted by atomic mass is 79.9. The Bertz CT molecular complexity index is 363. The van der Waals surface area contributed by atoms with Crippen LogP contribution in [0.5, 0.6) is 5.75 Å². The van der Waals surface area contributed by atoms with E-state index < -0.39 is 5.82 Å². The van der Waals surface area contributed by atoms with Crippen molar-refractivity contribution in [2.45, 2.75) is 13.8 Å². The van der Waals surface area contributed by atoms with Crippen molar-refractivity contribution in [3.8, 4) is 5.75 Å². The van der Waals surface area contributed by atoms with E-state index in [0.29, 0.717) is 16.6 Å². The quantitative estimate of drug-likeness (QED) is 0.781. The zero-order valence-electron chi connectivity index (χ0n) is 7.93. The number of hydrogen-bond acceptors (Lipinski definition) is 2. The predicted octanol–water partition coefficient (Wildman–Crippen LogP) is 3.19. The molecule has 0 spiro atoms. The van der Waals surface area contributed by atoms with E-state index in [-0.39, 0.29) is 11.5 Å². The molecule has 0 amide bonds. The van der Waals surface area contributed by atoms with Gasteiger partial charge < -0.3 is 4.74 Å². The molecule has 76 valence electrons. The number of Topliss-reactive ketones (excluding diaryl/α,β-unsaturated/α-hetero) is 1. The summed E-state index contributed by atoms with van der Waals surface area (Å²) in [7, 11) is 0. The highest BCUT2D eigenvalue weighted by Crippen LogP contribution is 2.31. The fraction of sp³-hybridized carbons (Fsp3) is 0.300. The molecule has 0 aliphatic rings. The zero-order valence-corrected chi connectivity index (χ0v) is 9.52. The van der Waals surface area contributed by atoms with Gasteiger partial charge in [-0.05, 0) is 41.9 Å². The molecule has 4 heteroatoms. The highest BCUT2D eigenvalue weighted by Gasteiger charge is 2.14. The summed E-state index contributed by atoms with van der Waals surface area (Å²) in [5.74, 6) is -0.498. The van der Waals surface area contributed by atoms with Crippen LogP contribution in [0.25, 0.3) is 0 Å². The second kappa shape index (κ2) is 4.55. The molecule has 14 heavy (non-hydrogen) atoms. The van der Waals surface area contributed by atoms with Crippen molar-refractivity contribution in [1.29, 1.82) is 0 Å². The molecule has 0 atom stereocenters. The molecule has 0 saturated carbocycles. The molecule has 0 heterocycles. The van der Waals surface area contributed by atoms with Gasteiger partial charge in [0.1, 0.15) is 0 Å². The fourth-order valence-electron chi connectivity index (χ4n) is 1.08. The van der Waals surface area contributed by atoms with Gasteiger partial charge in [-0.2, -0.15) is 0 Å². The minimum Gasteiger partial charge on any atom is -0.490 e. The van der Waals surface area contributed by atoms with Gasteiger partial charge in [0, 0.05) is 5.56 Å². The van der Waals surface area contributed by atoms with Crippen LogP contribution < -0.4 is 4.74 Å². The van der Waals surface area contributed by atoms with Crippen LogP contribution in [0, 0.1) is 5.82 Å². The molecule has 1 aromatic rings. The van der Waals surface area contributed by atoms with E-state index in [1.807, 2.05) is 0 Å². The maximum atomic E-state index is 13.2. The molecule has 0 N–H and O–H groups in total. The standard InChI is InChI=1S/C10H10BrFO2/c1-3-14-10-8(12)5-4-7(6(2)13)9(10)11/h4-5H,3H2,1-2H3. The Labute approximate surface area is 90.2 Å². The lowest BCUT2D eigenvalue weighted by molar-refractivity contribution is 0.101. The number of benzene rings is 1. The van der Waals surface area contributed by atoms with E-state index in [2.05, 4.69) is 15.9 Å². The van der Waals surface area contributed by atoms with Gasteiger partial charge in [0.05, 0.1) is 11.1 Å². The molecular weight excluding hydrogens is 251 g/mol. The lowest BCUT2D eigenvalue weighted by Crippen LogP contribution is -2.01. The minimum atomic E-state index is -0.469. The molecule has 0 aliphatic carbocycles. The van der Waals surface area contributed by atoms with Crippen LogP contribution >= 0.6 is 15.9 Å². The second-order valence-corrected chi connectivity index (χ2v) is 3.52. The normalized spacial score (nSPS) is 10.0. The first-order valence-corrected chi connectivity index (χ1v) is 4.99. The molecule has 0 unspecified atom stereocenters. The molecule has 0 aromatic heterocycles. The monoisotopic (exact) mass is 260 g/mol. The summed E-state index contributed by atoms with van der Waals surface area (Å²) in [5.41, 5.74) is 0.426. The Morgan fingerprint density at radius 3 is 2.71 bits per heavy atom. The van der Waals surface area contributed by atoms with Gasteiger partial charge in [0.25, 0.3) is 0 Å². The van der Waals surface area contributed by atoms with E-state index in [1.54, 1.807) is 6.92 Å². The third kappa shape index (κ3) is 2.12. The summed E-state index contributed by atoms with van der Waals surface area (Å²) in [5, 5.41) is 0. The van der Waals surface area contributed by atoms with Gasteiger partial charge in [0.15, 0.2) is 17.3 Å². The van der Waals surface area contributed by atoms with Gasteiger partial charge in [-0.15, -0.1) is 0 Å². The lowest BCUT2D eigenvalue weighted by atomic mass is 10.1. The largest absolute Gasteiger partial charge is 0.490 e. The number of carbonyl (C=O) groups is 1. The Balaban J connectivity index is 3.26. The second-order valence-electron chi connectivity index (χ2n) is 2.73. The number of ether oxygens (including phenoxy) is 1. The topological polar surface area (TPSA) is 26.3 Å². The molecule has 0 aliphatic heterocycles. The van der Waals surface area contributed by atoms with E-state index in [4.69, 9.17) is 4.74 Å². The predicted molar refractivity (Wildman–Crippen MR) is 55.3 cm³/mol. The van der Waals surface area contributed by atoms with Crippen LogP contribution in [0.4, 0.5) is 4.39 Å². The Morgan fingerprint density at radius 2 is 2.21 bits per heavy atom. The average molecular weight is 261 g/mol. The van der Waals surface area contributed by atoms with Crippen molar-refractivity contribution in [3.05, 3.63) is 28.0 Å². The van der Waals surface area contributed by atoms with Crippen LogP contribution in [0.3, 0.4) is 0 Å². The smallest absolute Gasteiger partial charge is 0.169 e. The van der Waals surface area contributed by atoms with Gasteiger partial charge in [-0.1, -0.05) is 0 Å². The Morgan fingerprint density at radius 1 is 1.57 bits per heavy atom. The molecule has 1 rings (SSSR count). The van der Waals surface area contributed by atoms with Gasteiger partial charge in [0.2, 0.25) is 0 Å². The summed E-state index contributed by atoms with van der Waals surface area (Å²) >= 11 is 3.15. The van der Waals surface area contributed by atoms with Gasteiger partial charge in [-0.3, -0.25) is 4.79 Å². The minimum absolute atomic E-state index is 0.0974. The van der Waals surface area contributed by atoms with E-state index in [1.165, 1.54) is 19.1 Å². The van der Waals surface area contributed by atoms with Crippen molar-refractivity contribution < 1.29 is 13.9 Å². The molecule has 0 radical (unpaired) electrons. The molecule has 0 fully saturated rings. The average Bonchev–Trinajstić information content (AvgIpc) is 2.11. The summed E-state index contributed by atoms with van der Waals surface area (Å²) < 4.78 is 18.7. The van der Waals surface area contributed by atoms with E-state index >= 15 is 0 Å². The SMILES string of the molecule is CCOc1c(F)ccc(C(C)=O)c1Br. The Hall–Kier alpha value is -0.900. The van der Waals surface area contributed by atoms with Crippen molar-refractivity contribution >= 4 is 21.7 Å². The maximum Gasteiger partial charge on any atom is 0.169 e. The Kier molecular flexibility index (Phi) is 3.63. The third-order valence-electron chi connectivity index (χ3n) is 1.72. The van der Waals surface area contributed by atoms with Gasteiger partial charge >= 0.3 is 0 Å². The van der Waals surface area contributed by atoms with Crippen LogP contribution in [0.1, 0.15) is 24.2 Å². The van der Waals surface area contributed by atoms with Crippen molar-refractivity contribution in [1.82, 2.24) is 0 Å². The maximum absolute atomic E-state index is 13.2. The number of rotatable bonds is 3. The first-order chi connectivity index (χ1) is 6.57. The first kappa shape index (κ1) is 11.2. The molecule has 0 bridgehead atoms. The van der Waals surface area contributed by atoms with Gasteiger partial charge in [-0.25, -0.2) is 4.39 Å². The lowest BCUT2D eigenvalue weighted by Gasteiger charge is -2.09. The fourth-order valence-corrected chi connectivity index (χ4v) is 1.80. The van der Waals surface area contributed by atoms with Crippen molar-refractivity contribution in [3.63, 3.8) is 0 Å². The van der Waals surface area contributed by atoms with E-state index in [0.717, 1.165) is 0 Å². The van der Waals surface area contributed by atoms with Crippen molar-refractivity contribution in [2.75, 3.05) is 6.61 Å². The molecular formula is C10H10BrFO2. The zero-order chi connectivity index (χ0) is 10.7. The van der Waals surface area contributed by atoms with E-state index in [9.17, 15) is 9.18 Å². The van der Waals surface area contributed by atoms with Crippen LogP contribution in [0.15, 0.2) is 16.6 Å². The third-order valence-corrected chi connectivity index (χ3v) is 2.50.